The van der Waals surface area contributed by atoms with Crippen molar-refractivity contribution < 1.29 is 0 Å². The number of H-pyrrole nitrogens is 1. The van der Waals surface area contributed by atoms with E-state index in [1.165, 1.54) is 5.56 Å². The first-order chi connectivity index (χ1) is 7.65. The van der Waals surface area contributed by atoms with E-state index in [1.54, 1.807) is 0 Å². The minimum absolute atomic E-state index is 0.554. The summed E-state index contributed by atoms with van der Waals surface area (Å²) < 4.78 is 0. The van der Waals surface area contributed by atoms with Crippen LogP contribution in [0.2, 0.25) is 0 Å². The zero-order chi connectivity index (χ0) is 11.5. The van der Waals surface area contributed by atoms with Gasteiger partial charge in [-0.3, -0.25) is 0 Å². The third-order valence-corrected chi connectivity index (χ3v) is 2.63. The molecule has 1 aromatic carbocycles. The van der Waals surface area contributed by atoms with E-state index in [0.29, 0.717) is 6.04 Å². The van der Waals surface area contributed by atoms with Gasteiger partial charge in [0.1, 0.15) is 5.82 Å². The van der Waals surface area contributed by atoms with Gasteiger partial charge in [0.25, 0.3) is 0 Å². The number of rotatable bonds is 4. The maximum Gasteiger partial charge on any atom is 0.104 e. The average Bonchev–Trinajstić information content (AvgIpc) is 2.56. The van der Waals surface area contributed by atoms with Crippen LogP contribution in [-0.2, 0) is 6.42 Å². The largest absolute Gasteiger partial charge is 0.342 e. The molecule has 0 spiro atoms. The molecule has 0 amide bonds. The van der Waals surface area contributed by atoms with Gasteiger partial charge in [-0.2, -0.15) is 0 Å². The molecule has 0 aliphatic rings. The van der Waals surface area contributed by atoms with Crippen molar-refractivity contribution in [2.45, 2.75) is 33.2 Å². The second-order valence-corrected chi connectivity index (χ2v) is 4.53. The number of imidazole rings is 1. The molecule has 2 N–H and O–H groups in total. The van der Waals surface area contributed by atoms with Crippen molar-refractivity contribution in [3.8, 4) is 0 Å². The molecule has 0 saturated carbocycles. The predicted molar refractivity (Wildman–Crippen MR) is 67.7 cm³/mol. The molecule has 3 heteroatoms. The lowest BCUT2D eigenvalue weighted by Gasteiger charge is -2.07. The standard InChI is InChI=1S/C13H19N3/c1-9(2)14-7-6-11-4-5-12-13(8-11)16-10(3)15-12/h4-5,8-9,14H,6-7H2,1-3H3,(H,15,16). The van der Waals surface area contributed by atoms with Crippen molar-refractivity contribution in [3.05, 3.63) is 29.6 Å². The quantitative estimate of drug-likeness (QED) is 0.825. The number of nitrogens with one attached hydrogen (secondary N) is 2. The smallest absolute Gasteiger partial charge is 0.104 e. The molecule has 0 bridgehead atoms. The Hall–Kier alpha value is -1.35. The van der Waals surface area contributed by atoms with Crippen LogP contribution in [0.1, 0.15) is 25.2 Å². The van der Waals surface area contributed by atoms with Gasteiger partial charge >= 0.3 is 0 Å². The Kier molecular flexibility index (Phi) is 3.25. The van der Waals surface area contributed by atoms with Crippen LogP contribution in [-0.4, -0.2) is 22.6 Å². The van der Waals surface area contributed by atoms with Crippen molar-refractivity contribution in [3.63, 3.8) is 0 Å². The van der Waals surface area contributed by atoms with Crippen molar-refractivity contribution in [1.82, 2.24) is 15.3 Å². The third kappa shape index (κ3) is 2.61. The molecular weight excluding hydrogens is 198 g/mol. The Morgan fingerprint density at radius 3 is 2.94 bits per heavy atom. The van der Waals surface area contributed by atoms with Crippen LogP contribution < -0.4 is 5.32 Å². The molecule has 16 heavy (non-hydrogen) atoms. The van der Waals surface area contributed by atoms with E-state index in [-0.39, 0.29) is 0 Å². The fraction of sp³-hybridized carbons (Fsp3) is 0.462. The zero-order valence-corrected chi connectivity index (χ0v) is 10.2. The lowest BCUT2D eigenvalue weighted by Crippen LogP contribution is -2.24. The molecule has 1 aromatic heterocycles. The van der Waals surface area contributed by atoms with Gasteiger partial charge in [-0.15, -0.1) is 0 Å². The molecule has 0 fully saturated rings. The minimum atomic E-state index is 0.554. The fourth-order valence-corrected chi connectivity index (χ4v) is 1.85. The van der Waals surface area contributed by atoms with E-state index >= 15 is 0 Å². The van der Waals surface area contributed by atoms with Gasteiger partial charge in [-0.05, 0) is 37.6 Å². The van der Waals surface area contributed by atoms with Gasteiger partial charge in [0.2, 0.25) is 0 Å². The molecule has 0 saturated heterocycles. The summed E-state index contributed by atoms with van der Waals surface area (Å²) >= 11 is 0. The van der Waals surface area contributed by atoms with Crippen LogP contribution in [0.5, 0.6) is 0 Å². The van der Waals surface area contributed by atoms with Gasteiger partial charge in [0.15, 0.2) is 0 Å². The number of aryl methyl sites for hydroxylation is 1. The maximum absolute atomic E-state index is 4.39. The van der Waals surface area contributed by atoms with Crippen LogP contribution in [0.4, 0.5) is 0 Å². The molecule has 0 radical (unpaired) electrons. The summed E-state index contributed by atoms with van der Waals surface area (Å²) in [7, 11) is 0. The summed E-state index contributed by atoms with van der Waals surface area (Å²) in [5.41, 5.74) is 3.54. The summed E-state index contributed by atoms with van der Waals surface area (Å²) in [4.78, 5) is 7.66. The van der Waals surface area contributed by atoms with Gasteiger partial charge in [0.05, 0.1) is 11.0 Å². The Morgan fingerprint density at radius 1 is 1.38 bits per heavy atom. The molecule has 1 heterocycles. The van der Waals surface area contributed by atoms with Crippen molar-refractivity contribution in [1.29, 1.82) is 0 Å². The summed E-state index contributed by atoms with van der Waals surface area (Å²) in [5, 5.41) is 3.42. The van der Waals surface area contributed by atoms with Crippen LogP contribution in [0, 0.1) is 6.92 Å². The molecule has 3 nitrogen and oxygen atoms in total. The van der Waals surface area contributed by atoms with E-state index in [4.69, 9.17) is 0 Å². The number of nitrogens with zero attached hydrogens (tertiary/aromatic N) is 1. The normalized spacial score (nSPS) is 11.5. The summed E-state index contributed by atoms with van der Waals surface area (Å²) in [6.45, 7) is 7.35. The second kappa shape index (κ2) is 4.66. The molecule has 86 valence electrons. The SMILES string of the molecule is Cc1nc2ccc(CCNC(C)C)cc2[nH]1. The summed E-state index contributed by atoms with van der Waals surface area (Å²) in [6.07, 6.45) is 1.06. The summed E-state index contributed by atoms with van der Waals surface area (Å²) in [6, 6.07) is 6.99. The topological polar surface area (TPSA) is 40.7 Å². The van der Waals surface area contributed by atoms with E-state index in [1.807, 2.05) is 6.92 Å². The highest BCUT2D eigenvalue weighted by Gasteiger charge is 2.01. The van der Waals surface area contributed by atoms with Crippen LogP contribution in [0.25, 0.3) is 11.0 Å². The molecular formula is C13H19N3. The van der Waals surface area contributed by atoms with Gasteiger partial charge in [-0.1, -0.05) is 19.9 Å². The highest BCUT2D eigenvalue weighted by atomic mass is 14.9. The van der Waals surface area contributed by atoms with E-state index < -0.39 is 0 Å². The number of benzene rings is 1. The van der Waals surface area contributed by atoms with Crippen molar-refractivity contribution in [2.24, 2.45) is 0 Å². The van der Waals surface area contributed by atoms with Crippen LogP contribution in [0.3, 0.4) is 0 Å². The lowest BCUT2D eigenvalue weighted by molar-refractivity contribution is 0.590. The van der Waals surface area contributed by atoms with Crippen molar-refractivity contribution >= 4 is 11.0 Å². The predicted octanol–water partition coefficient (Wildman–Crippen LogP) is 2.41. The van der Waals surface area contributed by atoms with E-state index in [9.17, 15) is 0 Å². The van der Waals surface area contributed by atoms with Crippen molar-refractivity contribution in [2.75, 3.05) is 6.54 Å². The highest BCUT2D eigenvalue weighted by Crippen LogP contribution is 2.13. The molecule has 0 aliphatic carbocycles. The Balaban J connectivity index is 2.07. The monoisotopic (exact) mass is 217 g/mol. The first-order valence-corrected chi connectivity index (χ1v) is 5.84. The molecule has 0 aliphatic heterocycles. The zero-order valence-electron chi connectivity index (χ0n) is 10.2. The minimum Gasteiger partial charge on any atom is -0.342 e. The van der Waals surface area contributed by atoms with Gasteiger partial charge in [-0.25, -0.2) is 4.98 Å². The van der Waals surface area contributed by atoms with Crippen LogP contribution >= 0.6 is 0 Å². The lowest BCUT2D eigenvalue weighted by atomic mass is 10.1. The number of fused-ring (bicyclic) bond motifs is 1. The third-order valence-electron chi connectivity index (χ3n) is 2.63. The highest BCUT2D eigenvalue weighted by molar-refractivity contribution is 5.75. The molecule has 2 rings (SSSR count). The Morgan fingerprint density at radius 2 is 2.19 bits per heavy atom. The first-order valence-electron chi connectivity index (χ1n) is 5.84. The molecule has 0 unspecified atom stereocenters. The number of hydrogen-bond donors (Lipinski definition) is 2. The number of hydrogen-bond acceptors (Lipinski definition) is 2. The van der Waals surface area contributed by atoms with Gasteiger partial charge < -0.3 is 10.3 Å². The first kappa shape index (κ1) is 11.1. The van der Waals surface area contributed by atoms with Gasteiger partial charge in [0, 0.05) is 6.04 Å². The Labute approximate surface area is 96.3 Å². The van der Waals surface area contributed by atoms with E-state index in [2.05, 4.69) is 47.3 Å². The summed E-state index contributed by atoms with van der Waals surface area (Å²) in [5.74, 6) is 0.979. The second-order valence-electron chi connectivity index (χ2n) is 4.53. The fourth-order valence-electron chi connectivity index (χ4n) is 1.85. The molecule has 2 aromatic rings. The Bertz CT molecular complexity index is 471. The molecule has 0 atom stereocenters. The maximum atomic E-state index is 4.39. The number of aromatic amines is 1. The van der Waals surface area contributed by atoms with Crippen LogP contribution in [0.15, 0.2) is 18.2 Å². The number of aromatic nitrogens is 2. The average molecular weight is 217 g/mol. The van der Waals surface area contributed by atoms with E-state index in [0.717, 1.165) is 29.8 Å².